The van der Waals surface area contributed by atoms with Crippen LogP contribution in [0.25, 0.3) is 0 Å². The Hall–Kier alpha value is -1.97. The van der Waals surface area contributed by atoms with Crippen molar-refractivity contribution in [2.75, 3.05) is 6.54 Å². The van der Waals surface area contributed by atoms with Crippen LogP contribution in [0.3, 0.4) is 0 Å². The highest BCUT2D eigenvalue weighted by Gasteiger charge is 2.26. The molecule has 0 aromatic carbocycles. The molecule has 9 nitrogen and oxygen atoms in total. The van der Waals surface area contributed by atoms with Crippen molar-refractivity contribution in [3.63, 3.8) is 0 Å². The Morgan fingerprint density at radius 1 is 1.50 bits per heavy atom. The van der Waals surface area contributed by atoms with Crippen LogP contribution in [-0.4, -0.2) is 44.5 Å². The van der Waals surface area contributed by atoms with Crippen LogP contribution in [0.5, 0.6) is 0 Å². The first-order chi connectivity index (χ1) is 10.9. The van der Waals surface area contributed by atoms with Gasteiger partial charge in [-0.05, 0) is 27.7 Å². The summed E-state index contributed by atoms with van der Waals surface area (Å²) in [6.07, 6.45) is -3.80. The molecule has 2 unspecified atom stereocenters. The molecule has 0 saturated carbocycles. The maximum atomic E-state index is 11.5. The van der Waals surface area contributed by atoms with Crippen LogP contribution in [-0.2, 0) is 4.74 Å². The monoisotopic (exact) mass is 361 g/mol. The van der Waals surface area contributed by atoms with E-state index in [1.165, 1.54) is 6.92 Å². The molecular weight excluding hydrogens is 342 g/mol. The number of aromatic nitrogens is 1. The van der Waals surface area contributed by atoms with Gasteiger partial charge in [0.15, 0.2) is 0 Å². The van der Waals surface area contributed by atoms with Crippen molar-refractivity contribution >= 4 is 23.4 Å². The first-order valence-corrected chi connectivity index (χ1v) is 7.44. The van der Waals surface area contributed by atoms with Gasteiger partial charge >= 0.3 is 6.09 Å². The Bertz CT molecular complexity index is 632. The molecule has 0 fully saturated rings. The SMILES string of the molecule is Cc1nc(Cl)c(C(O)C(O)CNC(=O)OC(C)(C)C)cc1[N+](=O)[O-]. The average molecular weight is 362 g/mol. The first kappa shape index (κ1) is 20.1. The van der Waals surface area contributed by atoms with Gasteiger partial charge in [0.25, 0.3) is 5.69 Å². The molecule has 0 spiro atoms. The average Bonchev–Trinajstić information content (AvgIpc) is 2.41. The lowest BCUT2D eigenvalue weighted by Gasteiger charge is -2.22. The van der Waals surface area contributed by atoms with Crippen molar-refractivity contribution in [3.05, 3.63) is 32.6 Å². The molecule has 134 valence electrons. The van der Waals surface area contributed by atoms with Gasteiger partial charge in [-0.25, -0.2) is 9.78 Å². The zero-order valence-corrected chi connectivity index (χ0v) is 14.5. The van der Waals surface area contributed by atoms with Gasteiger partial charge in [0.1, 0.15) is 28.7 Å². The molecular formula is C14H20ClN3O6. The van der Waals surface area contributed by atoms with Crippen LogP contribution in [0, 0.1) is 17.0 Å². The summed E-state index contributed by atoms with van der Waals surface area (Å²) in [5, 5.41) is 33.1. The molecule has 1 aromatic heterocycles. The molecule has 0 saturated heterocycles. The largest absolute Gasteiger partial charge is 0.444 e. The summed E-state index contributed by atoms with van der Waals surface area (Å²) in [6.45, 7) is 6.09. The Labute approximate surface area is 143 Å². The van der Waals surface area contributed by atoms with E-state index in [-0.39, 0.29) is 28.6 Å². The molecule has 2 atom stereocenters. The fraction of sp³-hybridized carbons (Fsp3) is 0.571. The van der Waals surface area contributed by atoms with Gasteiger partial charge < -0.3 is 20.3 Å². The zero-order chi connectivity index (χ0) is 18.7. The topological polar surface area (TPSA) is 135 Å². The summed E-state index contributed by atoms with van der Waals surface area (Å²) in [4.78, 5) is 25.6. The maximum Gasteiger partial charge on any atom is 0.407 e. The number of amides is 1. The van der Waals surface area contributed by atoms with E-state index < -0.39 is 28.8 Å². The number of carbonyl (C=O) groups is 1. The number of rotatable bonds is 5. The second-order valence-corrected chi connectivity index (χ2v) is 6.48. The number of carbonyl (C=O) groups excluding carboxylic acids is 1. The van der Waals surface area contributed by atoms with Gasteiger partial charge in [-0.3, -0.25) is 10.1 Å². The second-order valence-electron chi connectivity index (χ2n) is 6.13. The molecule has 0 aliphatic carbocycles. The zero-order valence-electron chi connectivity index (χ0n) is 13.7. The fourth-order valence-corrected chi connectivity index (χ4v) is 2.09. The third kappa shape index (κ3) is 5.59. The summed E-state index contributed by atoms with van der Waals surface area (Å²) in [5.74, 6) is 0. The third-order valence-corrected chi connectivity index (χ3v) is 3.20. The predicted octanol–water partition coefficient (Wildman–Crippen LogP) is 1.87. The number of pyridine rings is 1. The van der Waals surface area contributed by atoms with Crippen LogP contribution in [0.15, 0.2) is 6.07 Å². The fourth-order valence-electron chi connectivity index (χ4n) is 1.79. The van der Waals surface area contributed by atoms with E-state index in [1.54, 1.807) is 20.8 Å². The second kappa shape index (κ2) is 7.73. The summed E-state index contributed by atoms with van der Waals surface area (Å²) < 4.78 is 4.99. The van der Waals surface area contributed by atoms with Crippen molar-refractivity contribution in [1.29, 1.82) is 0 Å². The van der Waals surface area contributed by atoms with Crippen LogP contribution in [0.4, 0.5) is 10.5 Å². The van der Waals surface area contributed by atoms with Gasteiger partial charge in [0, 0.05) is 18.2 Å². The van der Waals surface area contributed by atoms with Gasteiger partial charge in [-0.1, -0.05) is 11.6 Å². The number of hydrogen-bond donors (Lipinski definition) is 3. The quantitative estimate of drug-likeness (QED) is 0.414. The van der Waals surface area contributed by atoms with Gasteiger partial charge in [0.05, 0.1) is 4.92 Å². The van der Waals surface area contributed by atoms with Crippen LogP contribution in [0.1, 0.15) is 38.1 Å². The standard InChI is InChI=1S/C14H20ClN3O6/c1-7-9(18(22)23)5-8(12(15)17-7)11(20)10(19)6-16-13(21)24-14(2,3)4/h5,10-11,19-20H,6H2,1-4H3,(H,16,21). The first-order valence-electron chi connectivity index (χ1n) is 7.06. The summed E-state index contributed by atoms with van der Waals surface area (Å²) >= 11 is 5.88. The highest BCUT2D eigenvalue weighted by Crippen LogP contribution is 2.29. The Kier molecular flexibility index (Phi) is 6.47. The molecule has 10 heteroatoms. The smallest absolute Gasteiger partial charge is 0.407 e. The lowest BCUT2D eigenvalue weighted by atomic mass is 10.1. The van der Waals surface area contributed by atoms with Crippen molar-refractivity contribution < 1.29 is 24.7 Å². The van der Waals surface area contributed by atoms with Gasteiger partial charge in [-0.15, -0.1) is 0 Å². The van der Waals surface area contributed by atoms with Gasteiger partial charge in [-0.2, -0.15) is 0 Å². The minimum atomic E-state index is -1.57. The third-order valence-electron chi connectivity index (χ3n) is 2.90. The van der Waals surface area contributed by atoms with Crippen molar-refractivity contribution in [2.45, 2.75) is 45.5 Å². The molecule has 1 heterocycles. The summed E-state index contributed by atoms with van der Waals surface area (Å²) in [6, 6.07) is 1.05. The highest BCUT2D eigenvalue weighted by atomic mass is 35.5. The molecule has 24 heavy (non-hydrogen) atoms. The predicted molar refractivity (Wildman–Crippen MR) is 85.8 cm³/mol. The van der Waals surface area contributed by atoms with Gasteiger partial charge in [0.2, 0.25) is 0 Å². The number of ether oxygens (including phenoxy) is 1. The minimum Gasteiger partial charge on any atom is -0.444 e. The van der Waals surface area contributed by atoms with E-state index in [0.29, 0.717) is 0 Å². The number of aliphatic hydroxyl groups is 2. The molecule has 0 radical (unpaired) electrons. The number of nitrogens with zero attached hydrogens (tertiary/aromatic N) is 2. The lowest BCUT2D eigenvalue weighted by molar-refractivity contribution is -0.385. The summed E-state index contributed by atoms with van der Waals surface area (Å²) in [5.41, 5.74) is -1.06. The molecule has 0 aliphatic rings. The Morgan fingerprint density at radius 3 is 2.58 bits per heavy atom. The van der Waals surface area contributed by atoms with E-state index in [9.17, 15) is 25.1 Å². The summed E-state index contributed by atoms with van der Waals surface area (Å²) in [7, 11) is 0. The van der Waals surface area contributed by atoms with Crippen molar-refractivity contribution in [3.8, 4) is 0 Å². The highest BCUT2D eigenvalue weighted by molar-refractivity contribution is 6.30. The van der Waals surface area contributed by atoms with Crippen molar-refractivity contribution in [2.24, 2.45) is 0 Å². The van der Waals surface area contributed by atoms with E-state index >= 15 is 0 Å². The Balaban J connectivity index is 2.82. The molecule has 1 amide bonds. The molecule has 1 aromatic rings. The Morgan fingerprint density at radius 2 is 2.08 bits per heavy atom. The molecule has 3 N–H and O–H groups in total. The molecule has 0 aliphatic heterocycles. The lowest BCUT2D eigenvalue weighted by Crippen LogP contribution is -2.39. The number of alkyl carbamates (subject to hydrolysis) is 1. The number of nitrogens with one attached hydrogen (secondary N) is 1. The number of aliphatic hydroxyl groups excluding tert-OH is 2. The number of nitro groups is 1. The van der Waals surface area contributed by atoms with Crippen LogP contribution in [0.2, 0.25) is 5.15 Å². The van der Waals surface area contributed by atoms with Crippen LogP contribution >= 0.6 is 11.6 Å². The van der Waals surface area contributed by atoms with Crippen molar-refractivity contribution in [1.82, 2.24) is 10.3 Å². The van der Waals surface area contributed by atoms with Crippen LogP contribution < -0.4 is 5.32 Å². The molecule has 0 bridgehead atoms. The van der Waals surface area contributed by atoms with E-state index in [4.69, 9.17) is 16.3 Å². The minimum absolute atomic E-state index is 0.0855. The number of hydrogen-bond acceptors (Lipinski definition) is 7. The van der Waals surface area contributed by atoms with E-state index in [0.717, 1.165) is 6.07 Å². The number of halogens is 1. The number of aryl methyl sites for hydroxylation is 1. The van der Waals surface area contributed by atoms with E-state index in [1.807, 2.05) is 0 Å². The van der Waals surface area contributed by atoms with E-state index in [2.05, 4.69) is 10.3 Å². The maximum absolute atomic E-state index is 11.5. The molecule has 1 rings (SSSR count). The normalized spacial score (nSPS) is 14.0.